The lowest BCUT2D eigenvalue weighted by molar-refractivity contribution is -0.121. The van der Waals surface area contributed by atoms with Crippen LogP contribution in [-0.2, 0) is 14.4 Å². The SMILES string of the molecule is COc1cccc(N2C[C@@H](NC(=O)c3ccc(N4C(=O)CCC4=O)cc3)CC2=O)c1. The first-order valence-electron chi connectivity index (χ1n) is 9.67. The number of benzene rings is 2. The molecule has 2 aromatic rings. The van der Waals surface area contributed by atoms with Crippen molar-refractivity contribution < 1.29 is 23.9 Å². The molecule has 0 saturated carbocycles. The highest BCUT2D eigenvalue weighted by Crippen LogP contribution is 2.26. The van der Waals surface area contributed by atoms with Gasteiger partial charge in [0.15, 0.2) is 0 Å². The molecule has 0 bridgehead atoms. The first kappa shape index (κ1) is 19.6. The van der Waals surface area contributed by atoms with Crippen molar-refractivity contribution >= 4 is 35.0 Å². The zero-order valence-electron chi connectivity index (χ0n) is 16.5. The minimum Gasteiger partial charge on any atom is -0.497 e. The number of anilines is 2. The molecule has 4 amide bonds. The van der Waals surface area contributed by atoms with Crippen molar-refractivity contribution in [3.8, 4) is 5.75 Å². The van der Waals surface area contributed by atoms with E-state index < -0.39 is 0 Å². The van der Waals surface area contributed by atoms with Crippen LogP contribution in [0.5, 0.6) is 5.75 Å². The summed E-state index contributed by atoms with van der Waals surface area (Å²) in [5.74, 6) is -0.206. The van der Waals surface area contributed by atoms with Crippen LogP contribution in [0.2, 0.25) is 0 Å². The Bertz CT molecular complexity index is 1000. The Kier molecular flexibility index (Phi) is 5.22. The van der Waals surface area contributed by atoms with Gasteiger partial charge in [0.2, 0.25) is 17.7 Å². The second-order valence-electron chi connectivity index (χ2n) is 7.25. The van der Waals surface area contributed by atoms with Gasteiger partial charge >= 0.3 is 0 Å². The molecule has 2 saturated heterocycles. The highest BCUT2D eigenvalue weighted by atomic mass is 16.5. The van der Waals surface area contributed by atoms with Crippen LogP contribution in [0.1, 0.15) is 29.6 Å². The molecule has 0 aliphatic carbocycles. The molecular formula is C22H21N3O5. The van der Waals surface area contributed by atoms with Gasteiger partial charge in [-0.05, 0) is 36.4 Å². The quantitative estimate of drug-likeness (QED) is 0.764. The minimum atomic E-state index is -0.322. The van der Waals surface area contributed by atoms with Crippen LogP contribution < -0.4 is 19.9 Å². The number of methoxy groups -OCH3 is 1. The molecule has 0 spiro atoms. The topological polar surface area (TPSA) is 96.0 Å². The summed E-state index contributed by atoms with van der Waals surface area (Å²) < 4.78 is 5.21. The van der Waals surface area contributed by atoms with Gasteiger partial charge in [0.05, 0.1) is 18.8 Å². The van der Waals surface area contributed by atoms with Crippen LogP contribution in [0.3, 0.4) is 0 Å². The Balaban J connectivity index is 1.41. The van der Waals surface area contributed by atoms with Gasteiger partial charge in [0, 0.05) is 43.1 Å². The fourth-order valence-electron chi connectivity index (χ4n) is 3.73. The maximum absolute atomic E-state index is 12.6. The molecule has 2 aliphatic rings. The van der Waals surface area contributed by atoms with Gasteiger partial charge in [-0.1, -0.05) is 6.07 Å². The van der Waals surface area contributed by atoms with Crippen LogP contribution >= 0.6 is 0 Å². The van der Waals surface area contributed by atoms with E-state index in [0.29, 0.717) is 23.5 Å². The summed E-state index contributed by atoms with van der Waals surface area (Å²) in [5.41, 5.74) is 1.57. The number of nitrogens with zero attached hydrogens (tertiary/aromatic N) is 2. The molecule has 30 heavy (non-hydrogen) atoms. The molecule has 2 aliphatic heterocycles. The Morgan fingerprint density at radius 1 is 0.967 bits per heavy atom. The molecule has 2 fully saturated rings. The van der Waals surface area contributed by atoms with E-state index in [0.717, 1.165) is 10.6 Å². The summed E-state index contributed by atoms with van der Waals surface area (Å²) >= 11 is 0. The summed E-state index contributed by atoms with van der Waals surface area (Å²) in [5, 5.41) is 2.88. The van der Waals surface area contributed by atoms with Crippen LogP contribution in [0, 0.1) is 0 Å². The second kappa shape index (κ2) is 7.98. The van der Waals surface area contributed by atoms with Crippen molar-refractivity contribution in [2.75, 3.05) is 23.5 Å². The molecule has 2 aromatic carbocycles. The van der Waals surface area contributed by atoms with Crippen molar-refractivity contribution in [1.29, 1.82) is 0 Å². The maximum atomic E-state index is 12.6. The molecule has 8 nitrogen and oxygen atoms in total. The lowest BCUT2D eigenvalue weighted by Crippen LogP contribution is -2.37. The zero-order valence-corrected chi connectivity index (χ0v) is 16.5. The van der Waals surface area contributed by atoms with E-state index in [1.54, 1.807) is 48.4 Å². The predicted octanol–water partition coefficient (Wildman–Crippen LogP) is 1.88. The predicted molar refractivity (Wildman–Crippen MR) is 109 cm³/mol. The van der Waals surface area contributed by atoms with Gasteiger partial charge in [-0.3, -0.25) is 24.1 Å². The summed E-state index contributed by atoms with van der Waals surface area (Å²) in [6.45, 7) is 0.368. The summed E-state index contributed by atoms with van der Waals surface area (Å²) in [4.78, 5) is 51.5. The molecule has 1 N–H and O–H groups in total. The Morgan fingerprint density at radius 2 is 1.67 bits per heavy atom. The van der Waals surface area contributed by atoms with E-state index in [2.05, 4.69) is 5.32 Å². The van der Waals surface area contributed by atoms with Gasteiger partial charge in [0.25, 0.3) is 5.91 Å². The van der Waals surface area contributed by atoms with Gasteiger partial charge in [-0.2, -0.15) is 0 Å². The van der Waals surface area contributed by atoms with E-state index >= 15 is 0 Å². The van der Waals surface area contributed by atoms with E-state index in [4.69, 9.17) is 4.74 Å². The van der Waals surface area contributed by atoms with Crippen molar-refractivity contribution in [3.63, 3.8) is 0 Å². The first-order chi connectivity index (χ1) is 14.5. The normalized spacial score (nSPS) is 18.8. The Hall–Kier alpha value is -3.68. The van der Waals surface area contributed by atoms with Gasteiger partial charge in [0.1, 0.15) is 5.75 Å². The number of nitrogens with one attached hydrogen (secondary N) is 1. The molecular weight excluding hydrogens is 386 g/mol. The highest BCUT2D eigenvalue weighted by molar-refractivity contribution is 6.19. The number of hydrogen-bond acceptors (Lipinski definition) is 5. The first-order valence-corrected chi connectivity index (χ1v) is 9.67. The standard InChI is InChI=1S/C22H21N3O5/c1-30-18-4-2-3-17(12-18)24-13-15(11-21(24)28)23-22(29)14-5-7-16(8-6-14)25-19(26)9-10-20(25)27/h2-8,12,15H,9-11,13H2,1H3,(H,23,29)/t15-/m0/s1. The molecule has 1 atom stereocenters. The van der Waals surface area contributed by atoms with Gasteiger partial charge in [-0.15, -0.1) is 0 Å². The largest absolute Gasteiger partial charge is 0.497 e. The molecule has 2 heterocycles. The third kappa shape index (κ3) is 3.76. The van der Waals surface area contributed by atoms with Crippen LogP contribution in [0.15, 0.2) is 48.5 Å². The van der Waals surface area contributed by atoms with Crippen molar-refractivity contribution in [1.82, 2.24) is 5.32 Å². The molecule has 0 radical (unpaired) electrons. The van der Waals surface area contributed by atoms with Crippen molar-refractivity contribution in [3.05, 3.63) is 54.1 Å². The fourth-order valence-corrected chi connectivity index (χ4v) is 3.73. The number of carbonyl (C=O) groups is 4. The lowest BCUT2D eigenvalue weighted by atomic mass is 10.1. The van der Waals surface area contributed by atoms with Crippen LogP contribution in [-0.4, -0.2) is 43.3 Å². The monoisotopic (exact) mass is 407 g/mol. The van der Waals surface area contributed by atoms with E-state index in [-0.39, 0.29) is 48.9 Å². The number of imide groups is 1. The number of ether oxygens (including phenoxy) is 1. The smallest absolute Gasteiger partial charge is 0.251 e. The summed E-state index contributed by atoms with van der Waals surface area (Å²) in [6, 6.07) is 13.2. The van der Waals surface area contributed by atoms with E-state index in [9.17, 15) is 19.2 Å². The van der Waals surface area contributed by atoms with Gasteiger partial charge < -0.3 is 15.0 Å². The molecule has 0 aromatic heterocycles. The van der Waals surface area contributed by atoms with Crippen molar-refractivity contribution in [2.24, 2.45) is 0 Å². The molecule has 0 unspecified atom stereocenters. The summed E-state index contributed by atoms with van der Waals surface area (Å²) in [7, 11) is 1.56. The number of amides is 4. The minimum absolute atomic E-state index is 0.0741. The molecule has 8 heteroatoms. The zero-order chi connectivity index (χ0) is 21.3. The summed E-state index contributed by atoms with van der Waals surface area (Å²) in [6.07, 6.45) is 0.624. The maximum Gasteiger partial charge on any atom is 0.251 e. The average molecular weight is 407 g/mol. The van der Waals surface area contributed by atoms with E-state index in [1.807, 2.05) is 12.1 Å². The number of rotatable bonds is 5. The molecule has 4 rings (SSSR count). The average Bonchev–Trinajstić information content (AvgIpc) is 3.29. The Morgan fingerprint density at radius 3 is 2.33 bits per heavy atom. The van der Waals surface area contributed by atoms with Crippen LogP contribution in [0.25, 0.3) is 0 Å². The Labute approximate surface area is 173 Å². The van der Waals surface area contributed by atoms with Crippen molar-refractivity contribution in [2.45, 2.75) is 25.3 Å². The number of hydrogen-bond donors (Lipinski definition) is 1. The van der Waals surface area contributed by atoms with Crippen LogP contribution in [0.4, 0.5) is 11.4 Å². The fraction of sp³-hybridized carbons (Fsp3) is 0.273. The number of carbonyl (C=O) groups excluding carboxylic acids is 4. The van der Waals surface area contributed by atoms with E-state index in [1.165, 1.54) is 0 Å². The third-order valence-corrected chi connectivity index (χ3v) is 5.26. The van der Waals surface area contributed by atoms with Gasteiger partial charge in [-0.25, -0.2) is 0 Å². The highest BCUT2D eigenvalue weighted by Gasteiger charge is 2.32. The molecule has 154 valence electrons. The lowest BCUT2D eigenvalue weighted by Gasteiger charge is -2.18. The third-order valence-electron chi connectivity index (χ3n) is 5.26. The second-order valence-corrected chi connectivity index (χ2v) is 7.25.